The zero-order valence-corrected chi connectivity index (χ0v) is 13.1. The number of carbonyl (C=O) groups is 1. The van der Waals surface area contributed by atoms with Crippen LogP contribution in [-0.4, -0.2) is 28.2 Å². The van der Waals surface area contributed by atoms with Gasteiger partial charge in [0.25, 0.3) is 5.91 Å². The van der Waals surface area contributed by atoms with Crippen LogP contribution in [0.4, 0.5) is 4.39 Å². The fraction of sp³-hybridized carbons (Fsp3) is 0.417. The standard InChI is InChI=1S/C12H18FNO3SSi/c1-19(2,3)9-8-18(16,17)14-12(15)10-6-4-5-7-11(10)13/h4-7H,8-9H2,1-3H3,(H,14,15). The molecule has 0 heterocycles. The Morgan fingerprint density at radius 2 is 1.84 bits per heavy atom. The molecule has 7 heteroatoms. The highest BCUT2D eigenvalue weighted by atomic mass is 32.2. The largest absolute Gasteiger partial charge is 0.268 e. The minimum absolute atomic E-state index is 0.108. The molecule has 0 atom stereocenters. The number of hydrogen-bond acceptors (Lipinski definition) is 3. The number of halogens is 1. The number of sulfonamides is 1. The molecule has 0 radical (unpaired) electrons. The van der Waals surface area contributed by atoms with Crippen LogP contribution in [0.5, 0.6) is 0 Å². The molecule has 1 amide bonds. The van der Waals surface area contributed by atoms with Crippen molar-refractivity contribution in [3.63, 3.8) is 0 Å². The second-order valence-corrected chi connectivity index (χ2v) is 13.0. The van der Waals surface area contributed by atoms with Gasteiger partial charge < -0.3 is 0 Å². The van der Waals surface area contributed by atoms with Gasteiger partial charge >= 0.3 is 0 Å². The summed E-state index contributed by atoms with van der Waals surface area (Å²) in [5.41, 5.74) is -0.265. The number of amides is 1. The Balaban J connectivity index is 2.74. The lowest BCUT2D eigenvalue weighted by Crippen LogP contribution is -2.35. The Kier molecular flexibility index (Phi) is 4.86. The number of hydrogen-bond donors (Lipinski definition) is 1. The average molecular weight is 303 g/mol. The molecule has 0 aromatic heterocycles. The van der Waals surface area contributed by atoms with Gasteiger partial charge in [0.05, 0.1) is 11.3 Å². The van der Waals surface area contributed by atoms with Crippen LogP contribution in [0.15, 0.2) is 24.3 Å². The van der Waals surface area contributed by atoms with E-state index in [0.717, 1.165) is 6.07 Å². The first-order chi connectivity index (χ1) is 8.61. The van der Waals surface area contributed by atoms with Crippen LogP contribution in [0.1, 0.15) is 10.4 Å². The third-order valence-corrected chi connectivity index (χ3v) is 5.84. The molecule has 0 aliphatic carbocycles. The summed E-state index contributed by atoms with van der Waals surface area (Å²) >= 11 is 0. The minimum Gasteiger partial charge on any atom is -0.268 e. The van der Waals surface area contributed by atoms with Gasteiger partial charge in [-0.2, -0.15) is 0 Å². The summed E-state index contributed by atoms with van der Waals surface area (Å²) in [7, 11) is -5.22. The number of nitrogens with one attached hydrogen (secondary N) is 1. The quantitative estimate of drug-likeness (QED) is 0.848. The maximum Gasteiger partial charge on any atom is 0.267 e. The van der Waals surface area contributed by atoms with Crippen LogP contribution in [0.3, 0.4) is 0 Å². The highest BCUT2D eigenvalue weighted by molar-refractivity contribution is 7.90. The van der Waals surface area contributed by atoms with Gasteiger partial charge in [-0.05, 0) is 18.2 Å². The summed E-state index contributed by atoms with van der Waals surface area (Å²) < 4.78 is 38.7. The van der Waals surface area contributed by atoms with Crippen molar-refractivity contribution in [3.8, 4) is 0 Å². The highest BCUT2D eigenvalue weighted by Gasteiger charge is 2.22. The molecule has 0 bridgehead atoms. The summed E-state index contributed by atoms with van der Waals surface area (Å²) in [6, 6.07) is 5.83. The van der Waals surface area contributed by atoms with E-state index in [1.54, 1.807) is 0 Å². The van der Waals surface area contributed by atoms with Gasteiger partial charge in [0.1, 0.15) is 5.82 Å². The second-order valence-electron chi connectivity index (χ2n) is 5.54. The van der Waals surface area contributed by atoms with Crippen LogP contribution >= 0.6 is 0 Å². The van der Waals surface area contributed by atoms with Gasteiger partial charge in [-0.25, -0.2) is 17.5 Å². The number of benzene rings is 1. The first kappa shape index (κ1) is 15.8. The smallest absolute Gasteiger partial charge is 0.267 e. The Bertz CT molecular complexity index is 567. The zero-order chi connectivity index (χ0) is 14.7. The molecular weight excluding hydrogens is 285 g/mol. The van der Waals surface area contributed by atoms with Gasteiger partial charge in [0.2, 0.25) is 10.0 Å². The van der Waals surface area contributed by atoms with Crippen molar-refractivity contribution in [1.29, 1.82) is 0 Å². The number of rotatable bonds is 5. The summed E-state index contributed by atoms with van der Waals surface area (Å²) in [6.45, 7) is 6.13. The van der Waals surface area contributed by atoms with Crippen LogP contribution in [0.25, 0.3) is 0 Å². The molecule has 0 saturated heterocycles. The van der Waals surface area contributed by atoms with Crippen LogP contribution < -0.4 is 4.72 Å². The summed E-state index contributed by atoms with van der Waals surface area (Å²) in [5, 5.41) is 0. The molecule has 106 valence electrons. The first-order valence-electron chi connectivity index (χ1n) is 5.90. The molecule has 0 saturated carbocycles. The average Bonchev–Trinajstić information content (AvgIpc) is 2.25. The van der Waals surface area contributed by atoms with Gasteiger partial charge in [-0.3, -0.25) is 4.79 Å². The summed E-state index contributed by atoms with van der Waals surface area (Å²) in [4.78, 5) is 11.7. The van der Waals surface area contributed by atoms with E-state index in [1.165, 1.54) is 18.2 Å². The van der Waals surface area contributed by atoms with Crippen molar-refractivity contribution in [1.82, 2.24) is 4.72 Å². The van der Waals surface area contributed by atoms with Crippen molar-refractivity contribution >= 4 is 24.0 Å². The molecule has 0 aliphatic rings. The third kappa shape index (κ3) is 5.52. The second kappa shape index (κ2) is 5.83. The summed E-state index contributed by atoms with van der Waals surface area (Å²) in [6.07, 6.45) is 0. The molecule has 19 heavy (non-hydrogen) atoms. The van der Waals surface area contributed by atoms with Crippen molar-refractivity contribution in [3.05, 3.63) is 35.6 Å². The van der Waals surface area contributed by atoms with Crippen molar-refractivity contribution in [2.45, 2.75) is 25.7 Å². The lowest BCUT2D eigenvalue weighted by Gasteiger charge is -2.15. The van der Waals surface area contributed by atoms with Gasteiger partial charge in [-0.15, -0.1) is 0 Å². The van der Waals surface area contributed by atoms with Crippen molar-refractivity contribution < 1.29 is 17.6 Å². The van der Waals surface area contributed by atoms with E-state index in [4.69, 9.17) is 0 Å². The molecule has 1 aromatic rings. The lowest BCUT2D eigenvalue weighted by atomic mass is 10.2. The van der Waals surface area contributed by atoms with E-state index in [9.17, 15) is 17.6 Å². The normalized spacial score (nSPS) is 12.2. The molecular formula is C12H18FNO3SSi. The van der Waals surface area contributed by atoms with E-state index >= 15 is 0 Å². The van der Waals surface area contributed by atoms with E-state index < -0.39 is 29.8 Å². The fourth-order valence-corrected chi connectivity index (χ4v) is 5.35. The van der Waals surface area contributed by atoms with Gasteiger partial charge in [-0.1, -0.05) is 31.8 Å². The fourth-order valence-electron chi connectivity index (χ4n) is 1.33. The molecule has 0 spiro atoms. The first-order valence-corrected chi connectivity index (χ1v) is 11.3. The molecule has 0 aliphatic heterocycles. The Hall–Kier alpha value is -1.21. The predicted octanol–water partition coefficient (Wildman–Crippen LogP) is 2.22. The van der Waals surface area contributed by atoms with Crippen LogP contribution in [0, 0.1) is 5.82 Å². The lowest BCUT2D eigenvalue weighted by molar-refractivity contribution is 0.0977. The molecule has 1 rings (SSSR count). The molecule has 0 unspecified atom stereocenters. The Labute approximate surface area is 114 Å². The van der Waals surface area contributed by atoms with Crippen LogP contribution in [0.2, 0.25) is 25.7 Å². The van der Waals surface area contributed by atoms with E-state index in [2.05, 4.69) is 0 Å². The topological polar surface area (TPSA) is 63.2 Å². The highest BCUT2D eigenvalue weighted by Crippen LogP contribution is 2.10. The summed E-state index contributed by atoms with van der Waals surface area (Å²) in [5.74, 6) is -1.77. The maximum absolute atomic E-state index is 13.3. The van der Waals surface area contributed by atoms with Crippen molar-refractivity contribution in [2.24, 2.45) is 0 Å². The van der Waals surface area contributed by atoms with Crippen LogP contribution in [-0.2, 0) is 10.0 Å². The molecule has 1 aromatic carbocycles. The third-order valence-electron chi connectivity index (χ3n) is 2.49. The Morgan fingerprint density at radius 3 is 2.37 bits per heavy atom. The van der Waals surface area contributed by atoms with E-state index in [1.807, 2.05) is 24.4 Å². The minimum atomic E-state index is -3.71. The molecule has 4 nitrogen and oxygen atoms in total. The Morgan fingerprint density at radius 1 is 1.26 bits per heavy atom. The molecule has 1 N–H and O–H groups in total. The van der Waals surface area contributed by atoms with Crippen molar-refractivity contribution in [2.75, 3.05) is 5.75 Å². The van der Waals surface area contributed by atoms with E-state index in [0.29, 0.717) is 6.04 Å². The van der Waals surface area contributed by atoms with E-state index in [-0.39, 0.29) is 11.3 Å². The zero-order valence-electron chi connectivity index (χ0n) is 11.2. The molecule has 0 fully saturated rings. The SMILES string of the molecule is C[Si](C)(C)CCS(=O)(=O)NC(=O)c1ccccc1F. The monoisotopic (exact) mass is 303 g/mol. The number of carbonyl (C=O) groups excluding carboxylic acids is 1. The predicted molar refractivity (Wildman–Crippen MR) is 75.8 cm³/mol. The maximum atomic E-state index is 13.3. The van der Waals surface area contributed by atoms with Gasteiger partial charge in [0.15, 0.2) is 0 Å². The van der Waals surface area contributed by atoms with Gasteiger partial charge in [0, 0.05) is 8.07 Å².